The fourth-order valence-corrected chi connectivity index (χ4v) is 4.99. The third-order valence-electron chi connectivity index (χ3n) is 5.02. The monoisotopic (exact) mass is 426 g/mol. The van der Waals surface area contributed by atoms with E-state index in [4.69, 9.17) is 0 Å². The van der Waals surface area contributed by atoms with Gasteiger partial charge >= 0.3 is 0 Å². The van der Waals surface area contributed by atoms with Crippen molar-refractivity contribution in [3.8, 4) is 11.4 Å². The van der Waals surface area contributed by atoms with Crippen LogP contribution >= 0.6 is 0 Å². The predicted octanol–water partition coefficient (Wildman–Crippen LogP) is 2.30. The molecule has 1 aliphatic heterocycles. The molecule has 0 unspecified atom stereocenters. The van der Waals surface area contributed by atoms with E-state index in [-0.39, 0.29) is 10.5 Å². The Morgan fingerprint density at radius 2 is 1.90 bits per heavy atom. The van der Waals surface area contributed by atoms with Gasteiger partial charge in [-0.25, -0.2) is 13.4 Å². The van der Waals surface area contributed by atoms with E-state index >= 15 is 0 Å². The number of hydrogen-bond donors (Lipinski definition) is 1. The molecule has 0 spiro atoms. The first-order chi connectivity index (χ1) is 14.4. The Bertz CT molecular complexity index is 1170. The average molecular weight is 427 g/mol. The number of hydrogen-bond acceptors (Lipinski definition) is 6. The van der Waals surface area contributed by atoms with E-state index < -0.39 is 15.9 Å². The maximum atomic E-state index is 12.9. The molecule has 0 atom stereocenters. The van der Waals surface area contributed by atoms with Crippen molar-refractivity contribution >= 4 is 21.7 Å². The zero-order valence-corrected chi connectivity index (χ0v) is 17.3. The van der Waals surface area contributed by atoms with Crippen molar-refractivity contribution in [3.05, 3.63) is 54.5 Å². The van der Waals surface area contributed by atoms with Gasteiger partial charge in [-0.3, -0.25) is 4.79 Å². The molecule has 1 N–H and O–H groups in total. The molecule has 0 bridgehead atoms. The van der Waals surface area contributed by atoms with Crippen molar-refractivity contribution in [2.24, 2.45) is 7.05 Å². The molecular weight excluding hydrogens is 404 g/mol. The number of piperidine rings is 1. The molecule has 1 aliphatic rings. The SMILES string of the molecule is Cn1cnnc1-c1ccnc(NC(=O)c2cccc(S(=O)(=O)N3CCCCC3)c2)c1. The van der Waals surface area contributed by atoms with Crippen molar-refractivity contribution < 1.29 is 13.2 Å². The molecule has 1 aromatic carbocycles. The third kappa shape index (κ3) is 4.10. The van der Waals surface area contributed by atoms with Gasteiger partial charge in [-0.2, -0.15) is 4.31 Å². The van der Waals surface area contributed by atoms with Crippen LogP contribution < -0.4 is 5.32 Å². The van der Waals surface area contributed by atoms with Gasteiger partial charge in [0.2, 0.25) is 10.0 Å². The van der Waals surface area contributed by atoms with Gasteiger partial charge in [0.25, 0.3) is 5.91 Å². The Labute approximate surface area is 174 Å². The molecule has 1 amide bonds. The van der Waals surface area contributed by atoms with Crippen molar-refractivity contribution in [2.75, 3.05) is 18.4 Å². The van der Waals surface area contributed by atoms with Gasteiger partial charge in [0, 0.05) is 37.5 Å². The van der Waals surface area contributed by atoms with E-state index in [0.29, 0.717) is 24.7 Å². The first-order valence-electron chi connectivity index (χ1n) is 9.67. The minimum atomic E-state index is -3.61. The van der Waals surface area contributed by atoms with Crippen LogP contribution in [0.2, 0.25) is 0 Å². The second-order valence-electron chi connectivity index (χ2n) is 7.14. The highest BCUT2D eigenvalue weighted by Gasteiger charge is 2.26. The minimum absolute atomic E-state index is 0.123. The molecule has 156 valence electrons. The van der Waals surface area contributed by atoms with Crippen LogP contribution in [0.3, 0.4) is 0 Å². The summed E-state index contributed by atoms with van der Waals surface area (Å²) in [5, 5.41) is 10.6. The smallest absolute Gasteiger partial charge is 0.256 e. The number of nitrogens with one attached hydrogen (secondary N) is 1. The molecule has 0 radical (unpaired) electrons. The standard InChI is InChI=1S/C20H22N6O3S/c1-25-14-22-24-19(25)15-8-9-21-18(13-15)23-20(27)16-6-5-7-17(12-16)30(28,29)26-10-3-2-4-11-26/h5-9,12-14H,2-4,10-11H2,1H3,(H,21,23,27). The summed E-state index contributed by atoms with van der Waals surface area (Å²) in [5.74, 6) is 0.542. The Morgan fingerprint density at radius 1 is 1.10 bits per heavy atom. The fraction of sp³-hybridized carbons (Fsp3) is 0.300. The number of carbonyl (C=O) groups is 1. The quantitative estimate of drug-likeness (QED) is 0.670. The summed E-state index contributed by atoms with van der Waals surface area (Å²) in [6, 6.07) is 9.55. The summed E-state index contributed by atoms with van der Waals surface area (Å²) >= 11 is 0. The highest BCUT2D eigenvalue weighted by atomic mass is 32.2. The van der Waals surface area contributed by atoms with Crippen LogP contribution in [0.5, 0.6) is 0 Å². The van der Waals surface area contributed by atoms with E-state index in [9.17, 15) is 13.2 Å². The molecule has 3 heterocycles. The van der Waals surface area contributed by atoms with Gasteiger partial charge in [0.15, 0.2) is 5.82 Å². The van der Waals surface area contributed by atoms with E-state index in [1.807, 2.05) is 7.05 Å². The summed E-state index contributed by atoms with van der Waals surface area (Å²) < 4.78 is 29.0. The molecule has 10 heteroatoms. The van der Waals surface area contributed by atoms with Crippen LogP contribution in [-0.4, -0.2) is 51.5 Å². The van der Waals surface area contributed by atoms with Crippen LogP contribution in [0.25, 0.3) is 11.4 Å². The van der Waals surface area contributed by atoms with Crippen molar-refractivity contribution in [3.63, 3.8) is 0 Å². The number of aryl methyl sites for hydroxylation is 1. The lowest BCUT2D eigenvalue weighted by atomic mass is 10.2. The van der Waals surface area contributed by atoms with Crippen molar-refractivity contribution in [1.29, 1.82) is 0 Å². The van der Waals surface area contributed by atoms with Crippen LogP contribution in [-0.2, 0) is 17.1 Å². The summed E-state index contributed by atoms with van der Waals surface area (Å²) in [7, 11) is -1.79. The highest BCUT2D eigenvalue weighted by Crippen LogP contribution is 2.22. The van der Waals surface area contributed by atoms with E-state index in [0.717, 1.165) is 24.8 Å². The maximum Gasteiger partial charge on any atom is 0.256 e. The van der Waals surface area contributed by atoms with Crippen LogP contribution in [0.4, 0.5) is 5.82 Å². The molecule has 1 fully saturated rings. The number of carbonyl (C=O) groups excluding carboxylic acids is 1. The number of nitrogens with zero attached hydrogens (tertiary/aromatic N) is 5. The Kier molecular flexibility index (Phi) is 5.60. The summed E-state index contributed by atoms with van der Waals surface area (Å²) in [6.45, 7) is 1.02. The number of rotatable bonds is 5. The number of benzene rings is 1. The van der Waals surface area contributed by atoms with Crippen LogP contribution in [0, 0.1) is 0 Å². The largest absolute Gasteiger partial charge is 0.317 e. The summed E-state index contributed by atoms with van der Waals surface area (Å²) in [5.41, 5.74) is 1.00. The fourth-order valence-electron chi connectivity index (χ4n) is 3.42. The van der Waals surface area contributed by atoms with E-state index in [1.54, 1.807) is 41.4 Å². The molecule has 2 aromatic heterocycles. The molecule has 3 aromatic rings. The second-order valence-corrected chi connectivity index (χ2v) is 9.08. The normalized spacial score (nSPS) is 15.1. The molecule has 0 aliphatic carbocycles. The highest BCUT2D eigenvalue weighted by molar-refractivity contribution is 7.89. The first kappa shape index (κ1) is 20.2. The number of pyridine rings is 1. The van der Waals surface area contributed by atoms with Gasteiger partial charge in [0.05, 0.1) is 4.90 Å². The zero-order chi connectivity index (χ0) is 21.1. The van der Waals surface area contributed by atoms with Crippen LogP contribution in [0.15, 0.2) is 53.8 Å². The summed E-state index contributed by atoms with van der Waals surface area (Å²) in [4.78, 5) is 17.0. The topological polar surface area (TPSA) is 110 Å². The molecule has 30 heavy (non-hydrogen) atoms. The van der Waals surface area contributed by atoms with Gasteiger partial charge in [0.1, 0.15) is 12.1 Å². The second kappa shape index (κ2) is 8.33. The average Bonchev–Trinajstić information content (AvgIpc) is 3.20. The van der Waals surface area contributed by atoms with E-state index in [1.165, 1.54) is 16.4 Å². The lowest BCUT2D eigenvalue weighted by molar-refractivity contribution is 0.102. The molecule has 0 saturated carbocycles. The van der Waals surface area contributed by atoms with Crippen molar-refractivity contribution in [2.45, 2.75) is 24.2 Å². The number of anilines is 1. The summed E-state index contributed by atoms with van der Waals surface area (Å²) in [6.07, 6.45) is 5.90. The molecular formula is C20H22N6O3S. The number of amides is 1. The van der Waals surface area contributed by atoms with Gasteiger partial charge in [-0.15, -0.1) is 10.2 Å². The Balaban J connectivity index is 1.55. The molecule has 4 rings (SSSR count). The lowest BCUT2D eigenvalue weighted by Gasteiger charge is -2.26. The number of aromatic nitrogens is 4. The molecule has 1 saturated heterocycles. The predicted molar refractivity (Wildman–Crippen MR) is 111 cm³/mol. The third-order valence-corrected chi connectivity index (χ3v) is 6.91. The lowest BCUT2D eigenvalue weighted by Crippen LogP contribution is -2.35. The van der Waals surface area contributed by atoms with Gasteiger partial charge in [-0.1, -0.05) is 12.5 Å². The minimum Gasteiger partial charge on any atom is -0.317 e. The van der Waals surface area contributed by atoms with Crippen LogP contribution in [0.1, 0.15) is 29.6 Å². The maximum absolute atomic E-state index is 12.9. The number of sulfonamides is 1. The van der Waals surface area contributed by atoms with E-state index in [2.05, 4.69) is 20.5 Å². The Morgan fingerprint density at radius 3 is 2.63 bits per heavy atom. The Hall–Kier alpha value is -3.11. The van der Waals surface area contributed by atoms with Gasteiger partial charge < -0.3 is 9.88 Å². The zero-order valence-electron chi connectivity index (χ0n) is 16.5. The van der Waals surface area contributed by atoms with Crippen molar-refractivity contribution in [1.82, 2.24) is 24.1 Å². The first-order valence-corrected chi connectivity index (χ1v) is 11.1. The van der Waals surface area contributed by atoms with Gasteiger partial charge in [-0.05, 0) is 43.2 Å². The molecule has 9 nitrogen and oxygen atoms in total.